The molecule has 1 saturated carbocycles. The summed E-state index contributed by atoms with van der Waals surface area (Å²) in [4.78, 5) is 15.1. The van der Waals surface area contributed by atoms with E-state index >= 15 is 0 Å². The smallest absolute Gasteiger partial charge is 0.407 e. The lowest BCUT2D eigenvalue weighted by atomic mass is 9.55. The Morgan fingerprint density at radius 3 is 2.74 bits per heavy atom. The Morgan fingerprint density at radius 2 is 2.00 bits per heavy atom. The Balaban J connectivity index is 1.56. The first-order valence-electron chi connectivity index (χ1n) is 12.0. The number of hydrogen-bond donors (Lipinski definition) is 1. The molecule has 2 aliphatic rings. The minimum absolute atomic E-state index is 0.00343. The van der Waals surface area contributed by atoms with Gasteiger partial charge in [0.15, 0.2) is 0 Å². The Morgan fingerprint density at radius 1 is 1.18 bits per heavy atom. The van der Waals surface area contributed by atoms with Crippen LogP contribution in [0.4, 0.5) is 4.79 Å². The van der Waals surface area contributed by atoms with E-state index in [-0.39, 0.29) is 29.8 Å². The number of alkyl carbamates (subject to hydrolysis) is 1. The highest BCUT2D eigenvalue weighted by Gasteiger charge is 2.59. The van der Waals surface area contributed by atoms with E-state index in [1.165, 1.54) is 5.56 Å². The third-order valence-corrected chi connectivity index (χ3v) is 7.63. The Kier molecular flexibility index (Phi) is 7.59. The van der Waals surface area contributed by atoms with Crippen molar-refractivity contribution in [1.82, 2.24) is 10.2 Å². The molecule has 34 heavy (non-hydrogen) atoms. The van der Waals surface area contributed by atoms with Crippen LogP contribution < -0.4 is 10.1 Å². The van der Waals surface area contributed by atoms with Crippen molar-refractivity contribution in [2.75, 3.05) is 33.9 Å². The Labute approximate surface area is 202 Å². The molecule has 0 radical (unpaired) electrons. The molecule has 2 aromatic rings. The van der Waals surface area contributed by atoms with Gasteiger partial charge in [-0.1, -0.05) is 48.5 Å². The predicted molar refractivity (Wildman–Crippen MR) is 133 cm³/mol. The summed E-state index contributed by atoms with van der Waals surface area (Å²) in [6, 6.07) is 18.1. The third kappa shape index (κ3) is 4.84. The van der Waals surface area contributed by atoms with Crippen molar-refractivity contribution in [2.24, 2.45) is 0 Å². The number of benzene rings is 2. The van der Waals surface area contributed by atoms with Gasteiger partial charge in [0.05, 0.1) is 12.7 Å². The Hall–Kier alpha value is -2.83. The van der Waals surface area contributed by atoms with E-state index in [1.807, 2.05) is 55.7 Å². The van der Waals surface area contributed by atoms with Gasteiger partial charge in [0.2, 0.25) is 0 Å². The van der Waals surface area contributed by atoms with Crippen molar-refractivity contribution in [3.63, 3.8) is 0 Å². The number of hydrogen-bond acceptors (Lipinski definition) is 5. The fourth-order valence-corrected chi connectivity index (χ4v) is 5.91. The van der Waals surface area contributed by atoms with Gasteiger partial charge in [0.1, 0.15) is 12.4 Å². The number of carbonyl (C=O) groups is 1. The second-order valence-electron chi connectivity index (χ2n) is 9.43. The summed E-state index contributed by atoms with van der Waals surface area (Å²) in [5.41, 5.74) is 1.58. The average molecular weight is 465 g/mol. The quantitative estimate of drug-likeness (QED) is 0.575. The fraction of sp³-hybridized carbons (Fsp3) is 0.464. The first-order valence-corrected chi connectivity index (χ1v) is 12.0. The van der Waals surface area contributed by atoms with Crippen molar-refractivity contribution in [1.29, 1.82) is 0 Å². The number of nitrogens with zero attached hydrogens (tertiary/aromatic N) is 1. The highest BCUT2D eigenvalue weighted by atomic mass is 16.5. The molecule has 0 spiro atoms. The van der Waals surface area contributed by atoms with Crippen LogP contribution in [0.1, 0.15) is 36.8 Å². The molecule has 4 rings (SSSR count). The lowest BCUT2D eigenvalue weighted by molar-refractivity contribution is -0.146. The molecule has 1 aliphatic heterocycles. The molecule has 1 N–H and O–H groups in total. The van der Waals surface area contributed by atoms with E-state index in [4.69, 9.17) is 14.2 Å². The van der Waals surface area contributed by atoms with E-state index in [9.17, 15) is 4.79 Å². The van der Waals surface area contributed by atoms with Crippen molar-refractivity contribution in [3.8, 4) is 5.75 Å². The molecule has 6 nitrogen and oxygen atoms in total. The van der Waals surface area contributed by atoms with Crippen LogP contribution >= 0.6 is 0 Å². The van der Waals surface area contributed by atoms with Crippen LogP contribution in [0, 0.1) is 0 Å². The van der Waals surface area contributed by atoms with Gasteiger partial charge in [-0.05, 0) is 55.5 Å². The molecule has 6 heteroatoms. The highest BCUT2D eigenvalue weighted by Crippen LogP contribution is 2.53. The summed E-state index contributed by atoms with van der Waals surface area (Å²) in [5, 5.41) is 3.15. The van der Waals surface area contributed by atoms with Gasteiger partial charge in [-0.2, -0.15) is 0 Å². The molecule has 1 heterocycles. The molecular formula is C28H36N2O4. The van der Waals surface area contributed by atoms with Crippen LogP contribution in [0.2, 0.25) is 0 Å². The first kappa shape index (κ1) is 24.3. The van der Waals surface area contributed by atoms with Gasteiger partial charge in [-0.15, -0.1) is 6.58 Å². The lowest BCUT2D eigenvalue weighted by Crippen LogP contribution is -2.68. The molecule has 1 amide bonds. The zero-order valence-corrected chi connectivity index (χ0v) is 20.3. The van der Waals surface area contributed by atoms with Gasteiger partial charge < -0.3 is 19.5 Å². The van der Waals surface area contributed by atoms with Crippen LogP contribution in [0.5, 0.6) is 5.75 Å². The summed E-state index contributed by atoms with van der Waals surface area (Å²) in [5.74, 6) is 0.836. The number of piperidine rings is 1. The van der Waals surface area contributed by atoms with Gasteiger partial charge >= 0.3 is 6.09 Å². The van der Waals surface area contributed by atoms with Crippen LogP contribution in [0.15, 0.2) is 67.3 Å². The van der Waals surface area contributed by atoms with E-state index in [0.717, 1.165) is 56.6 Å². The van der Waals surface area contributed by atoms with E-state index in [2.05, 4.69) is 28.9 Å². The van der Waals surface area contributed by atoms with Crippen LogP contribution in [0.3, 0.4) is 0 Å². The minimum atomic E-state index is -0.372. The fourth-order valence-electron chi connectivity index (χ4n) is 5.91. The van der Waals surface area contributed by atoms with Crippen molar-refractivity contribution >= 4 is 6.09 Å². The van der Waals surface area contributed by atoms with Crippen LogP contribution in [-0.4, -0.2) is 56.5 Å². The molecular weight excluding hydrogens is 428 g/mol. The SMILES string of the molecule is C=CCN1CC[C@@]2(c3cccc(OC)c3)C[C@H](NC(=O)OCc3ccccc3)CC[C@]2(OC)C1. The summed E-state index contributed by atoms with van der Waals surface area (Å²) in [6.07, 6.45) is 4.98. The summed E-state index contributed by atoms with van der Waals surface area (Å²) >= 11 is 0. The summed E-state index contributed by atoms with van der Waals surface area (Å²) < 4.78 is 17.5. The second-order valence-corrected chi connectivity index (χ2v) is 9.43. The number of nitrogens with one attached hydrogen (secondary N) is 1. The van der Waals surface area contributed by atoms with Gasteiger partial charge in [0.25, 0.3) is 0 Å². The van der Waals surface area contributed by atoms with E-state index in [0.29, 0.717) is 0 Å². The Bertz CT molecular complexity index is 981. The number of likely N-dealkylation sites (tertiary alicyclic amines) is 1. The van der Waals surface area contributed by atoms with Gasteiger partial charge in [-0.3, -0.25) is 4.90 Å². The molecule has 0 unspecified atom stereocenters. The molecule has 0 bridgehead atoms. The first-order chi connectivity index (χ1) is 16.5. The summed E-state index contributed by atoms with van der Waals surface area (Å²) in [6.45, 7) is 6.81. The number of rotatable bonds is 8. The third-order valence-electron chi connectivity index (χ3n) is 7.63. The van der Waals surface area contributed by atoms with Crippen LogP contribution in [0.25, 0.3) is 0 Å². The number of fused-ring (bicyclic) bond motifs is 1. The summed E-state index contributed by atoms with van der Waals surface area (Å²) in [7, 11) is 3.52. The minimum Gasteiger partial charge on any atom is -0.497 e. The van der Waals surface area contributed by atoms with Crippen molar-refractivity contribution < 1.29 is 19.0 Å². The number of methoxy groups -OCH3 is 2. The van der Waals surface area contributed by atoms with Crippen molar-refractivity contribution in [3.05, 3.63) is 78.4 Å². The molecule has 2 fully saturated rings. The largest absolute Gasteiger partial charge is 0.497 e. The maximum absolute atomic E-state index is 12.7. The molecule has 2 aromatic carbocycles. The number of amides is 1. The monoisotopic (exact) mass is 464 g/mol. The molecule has 3 atom stereocenters. The molecule has 182 valence electrons. The number of ether oxygens (including phenoxy) is 3. The molecule has 0 aromatic heterocycles. The second kappa shape index (κ2) is 10.6. The van der Waals surface area contributed by atoms with Gasteiger partial charge in [-0.25, -0.2) is 4.79 Å². The lowest BCUT2D eigenvalue weighted by Gasteiger charge is -2.59. The van der Waals surface area contributed by atoms with Crippen molar-refractivity contribution in [2.45, 2.75) is 49.3 Å². The predicted octanol–water partition coefficient (Wildman–Crippen LogP) is 4.69. The standard InChI is InChI=1S/C28H36N2O4/c1-4-16-30-17-15-27(23-11-8-12-25(18-23)32-2)19-24(13-14-28(27,21-30)33-3)29-26(31)34-20-22-9-6-5-7-10-22/h4-12,18,24H,1,13-17,19-21H2,2-3H3,(H,29,31)/t24-,27+,28+/m1/s1. The normalized spacial score (nSPS) is 26.8. The zero-order valence-electron chi connectivity index (χ0n) is 20.3. The maximum atomic E-state index is 12.7. The molecule has 1 saturated heterocycles. The molecule has 1 aliphatic carbocycles. The van der Waals surface area contributed by atoms with E-state index in [1.54, 1.807) is 7.11 Å². The maximum Gasteiger partial charge on any atom is 0.407 e. The van der Waals surface area contributed by atoms with Crippen LogP contribution in [-0.2, 0) is 21.5 Å². The topological polar surface area (TPSA) is 60.0 Å². The van der Waals surface area contributed by atoms with Gasteiger partial charge in [0, 0.05) is 31.7 Å². The zero-order chi connectivity index (χ0) is 24.0. The van der Waals surface area contributed by atoms with E-state index < -0.39 is 0 Å². The number of carbonyl (C=O) groups excluding carboxylic acids is 1. The average Bonchev–Trinajstić information content (AvgIpc) is 2.88. The highest BCUT2D eigenvalue weighted by molar-refractivity contribution is 5.67.